The van der Waals surface area contributed by atoms with E-state index < -0.39 is 27.5 Å². The van der Waals surface area contributed by atoms with Crippen molar-refractivity contribution in [2.45, 2.75) is 36.1 Å². The number of hydrogen-bond acceptors (Lipinski definition) is 4. The first-order valence-corrected chi connectivity index (χ1v) is 10.3. The molecule has 0 aliphatic carbocycles. The third kappa shape index (κ3) is 4.35. The minimum atomic E-state index is -1.99. The topological polar surface area (TPSA) is 75.2 Å². The Morgan fingerprint density at radius 1 is 1.32 bits per heavy atom. The average molecular weight is 408 g/mol. The van der Waals surface area contributed by atoms with Crippen molar-refractivity contribution in [3.05, 3.63) is 48.5 Å². The van der Waals surface area contributed by atoms with Crippen molar-refractivity contribution in [3.8, 4) is 0 Å². The average Bonchev–Trinajstić information content (AvgIpc) is 2.73. The normalized spacial score (nSPS) is 18.3. The molecule has 1 saturated heterocycles. The Balaban J connectivity index is 1.65. The van der Waals surface area contributed by atoms with Gasteiger partial charge in [0.1, 0.15) is 5.82 Å². The van der Waals surface area contributed by atoms with Crippen LogP contribution in [0.5, 0.6) is 0 Å². The van der Waals surface area contributed by atoms with Gasteiger partial charge < -0.3 is 10.2 Å². The Bertz CT molecular complexity index is 847. The Labute approximate surface area is 164 Å². The fraction of sp³-hybridized carbons (Fsp3) is 0.421. The van der Waals surface area contributed by atoms with E-state index >= 15 is 4.39 Å². The molecule has 2 unspecified atom stereocenters. The molecular weight excluding hydrogens is 386 g/mol. The molecule has 2 amide bonds. The molecule has 1 aliphatic heterocycles. The molecule has 1 aromatic heterocycles. The second-order valence-corrected chi connectivity index (χ2v) is 8.38. The number of alkyl halides is 1. The van der Waals surface area contributed by atoms with Crippen LogP contribution in [0.15, 0.2) is 47.6 Å². The standard InChI is InChI=1S/C19H22F2N4O2S/c1-2-19(21,28(27)17-5-3-4-15(20)12-17)14-7-10-25(11-8-14)18(26)24-16-6-9-22-23-13-16/h3-6,9,12-14H,2,7-8,10-11H2,1H3,(H,22,24,26). The van der Waals surface area contributed by atoms with E-state index in [0.29, 0.717) is 31.6 Å². The first kappa shape index (κ1) is 20.3. The van der Waals surface area contributed by atoms with E-state index in [0.717, 1.165) is 6.07 Å². The molecule has 0 radical (unpaired) electrons. The number of aromatic nitrogens is 2. The Morgan fingerprint density at radius 2 is 2.07 bits per heavy atom. The molecule has 1 N–H and O–H groups in total. The quantitative estimate of drug-likeness (QED) is 0.818. The highest BCUT2D eigenvalue weighted by Crippen LogP contribution is 2.40. The number of hydrogen-bond donors (Lipinski definition) is 1. The maximum Gasteiger partial charge on any atom is 0.321 e. The first-order chi connectivity index (χ1) is 13.4. The van der Waals surface area contributed by atoms with Gasteiger partial charge in [0, 0.05) is 23.9 Å². The molecular formula is C19H22F2N4O2S. The van der Waals surface area contributed by atoms with Gasteiger partial charge in [-0.05, 0) is 43.5 Å². The zero-order valence-electron chi connectivity index (χ0n) is 15.5. The van der Waals surface area contributed by atoms with Gasteiger partial charge in [-0.25, -0.2) is 13.6 Å². The second kappa shape index (κ2) is 8.72. The summed E-state index contributed by atoms with van der Waals surface area (Å²) in [7, 11) is -1.99. The molecule has 2 aromatic rings. The maximum atomic E-state index is 15.7. The fourth-order valence-corrected chi connectivity index (χ4v) is 5.04. The highest BCUT2D eigenvalue weighted by Gasteiger charge is 2.45. The summed E-state index contributed by atoms with van der Waals surface area (Å²) < 4.78 is 42.1. The van der Waals surface area contributed by atoms with Crippen LogP contribution >= 0.6 is 0 Å². The molecule has 3 rings (SSSR count). The van der Waals surface area contributed by atoms with Gasteiger partial charge in [0.15, 0.2) is 5.00 Å². The smallest absolute Gasteiger partial charge is 0.321 e. The molecule has 1 aliphatic rings. The lowest BCUT2D eigenvalue weighted by Crippen LogP contribution is -2.47. The predicted molar refractivity (Wildman–Crippen MR) is 102 cm³/mol. The van der Waals surface area contributed by atoms with Crippen LogP contribution in [-0.2, 0) is 10.8 Å². The minimum Gasteiger partial charge on any atom is -0.325 e. The van der Waals surface area contributed by atoms with E-state index in [-0.39, 0.29) is 17.3 Å². The zero-order valence-corrected chi connectivity index (χ0v) is 16.3. The molecule has 0 bridgehead atoms. The Kier molecular flexibility index (Phi) is 6.33. The number of nitrogens with one attached hydrogen (secondary N) is 1. The lowest BCUT2D eigenvalue weighted by atomic mass is 9.90. The van der Waals surface area contributed by atoms with Crippen LogP contribution in [0.3, 0.4) is 0 Å². The lowest BCUT2D eigenvalue weighted by Gasteiger charge is -2.38. The van der Waals surface area contributed by atoms with E-state index in [1.807, 2.05) is 0 Å². The first-order valence-electron chi connectivity index (χ1n) is 9.13. The minimum absolute atomic E-state index is 0.0513. The third-order valence-electron chi connectivity index (χ3n) is 5.03. The zero-order chi connectivity index (χ0) is 20.1. The van der Waals surface area contributed by atoms with E-state index in [1.54, 1.807) is 17.9 Å². The lowest BCUT2D eigenvalue weighted by molar-refractivity contribution is 0.106. The summed E-state index contributed by atoms with van der Waals surface area (Å²) in [6.07, 6.45) is 3.73. The summed E-state index contributed by atoms with van der Waals surface area (Å²) in [4.78, 5) is 14.1. The Morgan fingerprint density at radius 3 is 2.68 bits per heavy atom. The van der Waals surface area contributed by atoms with Gasteiger partial charge in [0.25, 0.3) is 0 Å². The van der Waals surface area contributed by atoms with E-state index in [1.165, 1.54) is 30.6 Å². The number of rotatable bonds is 5. The summed E-state index contributed by atoms with van der Waals surface area (Å²) in [5.74, 6) is -1.02. The molecule has 1 fully saturated rings. The summed E-state index contributed by atoms with van der Waals surface area (Å²) in [5.41, 5.74) is 0.530. The van der Waals surface area contributed by atoms with Crippen LogP contribution in [0.2, 0.25) is 0 Å². The van der Waals surface area contributed by atoms with E-state index in [2.05, 4.69) is 15.5 Å². The van der Waals surface area contributed by atoms with E-state index in [9.17, 15) is 13.4 Å². The summed E-state index contributed by atoms with van der Waals surface area (Å²) in [6.45, 7) is 2.34. The largest absolute Gasteiger partial charge is 0.325 e. The van der Waals surface area contributed by atoms with Gasteiger partial charge in [-0.1, -0.05) is 13.0 Å². The van der Waals surface area contributed by atoms with Crippen LogP contribution in [0.4, 0.5) is 19.3 Å². The van der Waals surface area contributed by atoms with Crippen LogP contribution < -0.4 is 5.32 Å². The summed E-state index contributed by atoms with van der Waals surface area (Å²) in [5, 5.41) is 8.11. The van der Waals surface area contributed by atoms with Crippen molar-refractivity contribution in [3.63, 3.8) is 0 Å². The van der Waals surface area contributed by atoms with Gasteiger partial charge in [-0.15, -0.1) is 0 Å². The number of urea groups is 1. The Hall–Kier alpha value is -2.42. The number of amides is 2. The third-order valence-corrected chi connectivity index (χ3v) is 6.95. The maximum absolute atomic E-state index is 15.7. The van der Waals surface area contributed by atoms with Crippen molar-refractivity contribution in [1.29, 1.82) is 0 Å². The van der Waals surface area contributed by atoms with Gasteiger partial charge in [0.05, 0.1) is 28.9 Å². The summed E-state index contributed by atoms with van der Waals surface area (Å²) in [6, 6.07) is 6.60. The number of benzene rings is 1. The summed E-state index contributed by atoms with van der Waals surface area (Å²) >= 11 is 0. The van der Waals surface area contributed by atoms with Crippen LogP contribution in [-0.4, -0.2) is 43.4 Å². The SMILES string of the molecule is CCC(F)(C1CCN(C(=O)Nc2ccnnc2)CC1)S(=O)c1cccc(F)c1. The van der Waals surface area contributed by atoms with Crippen molar-refractivity contribution in [2.75, 3.05) is 18.4 Å². The molecule has 9 heteroatoms. The molecule has 150 valence electrons. The van der Waals surface area contributed by atoms with Crippen LogP contribution in [0.1, 0.15) is 26.2 Å². The van der Waals surface area contributed by atoms with Gasteiger partial charge in [0.2, 0.25) is 0 Å². The van der Waals surface area contributed by atoms with Gasteiger partial charge in [-0.2, -0.15) is 10.2 Å². The molecule has 1 aromatic carbocycles. The van der Waals surface area contributed by atoms with Crippen molar-refractivity contribution >= 4 is 22.5 Å². The number of carbonyl (C=O) groups excluding carboxylic acids is 1. The molecule has 28 heavy (non-hydrogen) atoms. The molecule has 2 heterocycles. The highest BCUT2D eigenvalue weighted by atomic mass is 32.2. The fourth-order valence-electron chi connectivity index (χ4n) is 3.43. The number of halogens is 2. The monoisotopic (exact) mass is 408 g/mol. The molecule has 6 nitrogen and oxygen atoms in total. The van der Waals surface area contributed by atoms with Crippen LogP contribution in [0, 0.1) is 11.7 Å². The molecule has 2 atom stereocenters. The van der Waals surface area contributed by atoms with E-state index in [4.69, 9.17) is 0 Å². The van der Waals surface area contributed by atoms with Gasteiger partial charge in [-0.3, -0.25) is 4.21 Å². The number of piperidine rings is 1. The highest BCUT2D eigenvalue weighted by molar-refractivity contribution is 7.86. The molecule has 0 saturated carbocycles. The van der Waals surface area contributed by atoms with Crippen molar-refractivity contribution in [1.82, 2.24) is 15.1 Å². The number of carbonyl (C=O) groups is 1. The van der Waals surface area contributed by atoms with Gasteiger partial charge >= 0.3 is 6.03 Å². The van der Waals surface area contributed by atoms with Crippen molar-refractivity contribution in [2.24, 2.45) is 5.92 Å². The number of anilines is 1. The van der Waals surface area contributed by atoms with Crippen molar-refractivity contribution < 1.29 is 17.8 Å². The van der Waals surface area contributed by atoms with Crippen LogP contribution in [0.25, 0.3) is 0 Å². The second-order valence-electron chi connectivity index (χ2n) is 6.69. The molecule has 0 spiro atoms. The number of likely N-dealkylation sites (tertiary alicyclic amines) is 1. The number of nitrogens with zero attached hydrogens (tertiary/aromatic N) is 3. The predicted octanol–water partition coefficient (Wildman–Crippen LogP) is 3.74.